The Morgan fingerprint density at radius 2 is 1.80 bits per heavy atom. The highest BCUT2D eigenvalue weighted by atomic mass is 32.1. The molecule has 0 saturated heterocycles. The molecule has 20 heavy (non-hydrogen) atoms. The van der Waals surface area contributed by atoms with Gasteiger partial charge in [-0.15, -0.1) is 11.3 Å². The summed E-state index contributed by atoms with van der Waals surface area (Å²) in [6.45, 7) is 5.68. The third kappa shape index (κ3) is 5.68. The molecule has 0 aliphatic carbocycles. The van der Waals surface area contributed by atoms with Crippen LogP contribution in [0.3, 0.4) is 0 Å². The number of ketones is 1. The monoisotopic (exact) mass is 289 g/mol. The molecule has 0 atom stereocenters. The summed E-state index contributed by atoms with van der Waals surface area (Å²) < 4.78 is 0. The summed E-state index contributed by atoms with van der Waals surface area (Å²) in [4.78, 5) is 14.9. The molecule has 0 saturated carbocycles. The quantitative estimate of drug-likeness (QED) is 0.731. The maximum absolute atomic E-state index is 11.8. The Hall–Kier alpha value is -1.45. The summed E-state index contributed by atoms with van der Waals surface area (Å²) in [7, 11) is 2.05. The number of Topliss-reactive ketones (excluding diaryl/α,β-unsaturated/α-hetero) is 1. The van der Waals surface area contributed by atoms with E-state index in [-0.39, 0.29) is 5.78 Å². The highest BCUT2D eigenvalue weighted by Crippen LogP contribution is 2.12. The van der Waals surface area contributed by atoms with Gasteiger partial charge in [0.25, 0.3) is 0 Å². The first-order valence-electron chi connectivity index (χ1n) is 7.05. The molecule has 108 valence electrons. The number of benzene rings is 1. The molecule has 0 bridgehead atoms. The van der Waals surface area contributed by atoms with Gasteiger partial charge in [0.05, 0.1) is 4.88 Å². The van der Waals surface area contributed by atoms with E-state index in [2.05, 4.69) is 24.1 Å². The average molecular weight is 289 g/mol. The normalized spacial score (nSPS) is 10.0. The van der Waals surface area contributed by atoms with E-state index < -0.39 is 0 Å². The maximum atomic E-state index is 11.8. The number of hydrogen-bond acceptors (Lipinski definition) is 3. The number of hydrogen-bond donors (Lipinski definition) is 0. The van der Waals surface area contributed by atoms with Gasteiger partial charge in [-0.3, -0.25) is 4.79 Å². The van der Waals surface area contributed by atoms with Crippen LogP contribution in [0.1, 0.15) is 35.5 Å². The Labute approximate surface area is 126 Å². The van der Waals surface area contributed by atoms with Gasteiger partial charge in [0.15, 0.2) is 5.78 Å². The minimum absolute atomic E-state index is 0.241. The van der Waals surface area contributed by atoms with Gasteiger partial charge in [-0.05, 0) is 24.1 Å². The summed E-state index contributed by atoms with van der Waals surface area (Å²) in [6.07, 6.45) is 0.587. The molecule has 1 aromatic heterocycles. The highest BCUT2D eigenvalue weighted by Gasteiger charge is 2.08. The maximum Gasteiger partial charge on any atom is 0.174 e. The lowest BCUT2D eigenvalue weighted by molar-refractivity contribution is 0.0972. The third-order valence-corrected chi connectivity index (χ3v) is 3.72. The van der Waals surface area contributed by atoms with Crippen molar-refractivity contribution in [2.75, 3.05) is 13.6 Å². The molecule has 0 aliphatic rings. The molecule has 0 aliphatic heterocycles. The first-order chi connectivity index (χ1) is 9.75. The number of rotatable bonds is 6. The molecular weight excluding hydrogens is 266 g/mol. The minimum Gasteiger partial charge on any atom is -0.302 e. The average Bonchev–Trinajstić information content (AvgIpc) is 3.02. The van der Waals surface area contributed by atoms with Gasteiger partial charge in [-0.2, -0.15) is 0 Å². The number of carbonyl (C=O) groups is 1. The van der Waals surface area contributed by atoms with Crippen LogP contribution in [0, 0.1) is 0 Å². The number of carbonyl (C=O) groups excluding carboxylic acids is 1. The van der Waals surface area contributed by atoms with Crippen LogP contribution in [0.15, 0.2) is 47.8 Å². The zero-order valence-electron chi connectivity index (χ0n) is 12.5. The molecule has 2 aromatic rings. The Morgan fingerprint density at radius 3 is 2.40 bits per heavy atom. The molecular formula is C17H23NOS. The van der Waals surface area contributed by atoms with E-state index in [0.717, 1.165) is 18.0 Å². The van der Waals surface area contributed by atoms with Crippen LogP contribution in [0.2, 0.25) is 0 Å². The standard InChI is InChI=1S/C15H17NOS.C2H6/c1-16(12-13-6-3-2-4-7-13)10-9-14(17)15-8-5-11-18-15;1-2/h2-8,11H,9-10,12H2,1H3;1-2H3. The first kappa shape index (κ1) is 16.6. The van der Waals surface area contributed by atoms with Crippen LogP contribution in [0.25, 0.3) is 0 Å². The molecule has 1 aromatic carbocycles. The molecule has 1 heterocycles. The van der Waals surface area contributed by atoms with E-state index in [0.29, 0.717) is 6.42 Å². The summed E-state index contributed by atoms with van der Waals surface area (Å²) in [5.41, 5.74) is 1.28. The molecule has 0 radical (unpaired) electrons. The van der Waals surface area contributed by atoms with Crippen molar-refractivity contribution >= 4 is 17.1 Å². The summed E-state index contributed by atoms with van der Waals surface area (Å²) in [5, 5.41) is 1.95. The van der Waals surface area contributed by atoms with Crippen molar-refractivity contribution in [3.8, 4) is 0 Å². The van der Waals surface area contributed by atoms with Crippen LogP contribution < -0.4 is 0 Å². The Kier molecular flexibility index (Phi) is 7.85. The SMILES string of the molecule is CC.CN(CCC(=O)c1cccs1)Cc1ccccc1. The van der Waals surface area contributed by atoms with Crippen LogP contribution >= 0.6 is 11.3 Å². The fourth-order valence-electron chi connectivity index (χ4n) is 1.83. The fraction of sp³-hybridized carbons (Fsp3) is 0.353. The van der Waals surface area contributed by atoms with Crippen molar-refractivity contribution in [2.24, 2.45) is 0 Å². The lowest BCUT2D eigenvalue weighted by Crippen LogP contribution is -2.21. The molecule has 0 amide bonds. The van der Waals surface area contributed by atoms with Crippen molar-refractivity contribution in [3.05, 3.63) is 58.3 Å². The minimum atomic E-state index is 0.241. The zero-order chi connectivity index (χ0) is 14.8. The van der Waals surface area contributed by atoms with Crippen molar-refractivity contribution in [1.82, 2.24) is 4.90 Å². The summed E-state index contributed by atoms with van der Waals surface area (Å²) >= 11 is 1.52. The van der Waals surface area contributed by atoms with Gasteiger partial charge >= 0.3 is 0 Å². The van der Waals surface area contributed by atoms with E-state index in [9.17, 15) is 4.79 Å². The number of thiophene rings is 1. The Bertz CT molecular complexity index is 479. The van der Waals surface area contributed by atoms with E-state index in [1.807, 2.05) is 49.6 Å². The van der Waals surface area contributed by atoms with Crippen molar-refractivity contribution in [3.63, 3.8) is 0 Å². The lowest BCUT2D eigenvalue weighted by Gasteiger charge is -2.15. The van der Waals surface area contributed by atoms with Crippen molar-refractivity contribution in [2.45, 2.75) is 26.8 Å². The second kappa shape index (κ2) is 9.45. The second-order valence-corrected chi connectivity index (χ2v) is 5.32. The first-order valence-corrected chi connectivity index (χ1v) is 7.93. The van der Waals surface area contributed by atoms with E-state index in [1.54, 1.807) is 0 Å². The molecule has 2 nitrogen and oxygen atoms in total. The van der Waals surface area contributed by atoms with E-state index in [4.69, 9.17) is 0 Å². The molecule has 0 unspecified atom stereocenters. The number of nitrogens with zero attached hydrogens (tertiary/aromatic N) is 1. The molecule has 0 spiro atoms. The van der Waals surface area contributed by atoms with Crippen LogP contribution in [-0.2, 0) is 6.54 Å². The lowest BCUT2D eigenvalue weighted by atomic mass is 10.2. The van der Waals surface area contributed by atoms with Crippen LogP contribution in [0.4, 0.5) is 0 Å². The second-order valence-electron chi connectivity index (χ2n) is 4.37. The van der Waals surface area contributed by atoms with E-state index >= 15 is 0 Å². The van der Waals surface area contributed by atoms with Crippen molar-refractivity contribution < 1.29 is 4.79 Å². The smallest absolute Gasteiger partial charge is 0.174 e. The third-order valence-electron chi connectivity index (χ3n) is 2.81. The highest BCUT2D eigenvalue weighted by molar-refractivity contribution is 7.12. The van der Waals surface area contributed by atoms with Gasteiger partial charge in [-0.25, -0.2) is 0 Å². The van der Waals surface area contributed by atoms with Gasteiger partial charge in [0.2, 0.25) is 0 Å². The van der Waals surface area contributed by atoms with Crippen LogP contribution in [-0.4, -0.2) is 24.3 Å². The fourth-order valence-corrected chi connectivity index (χ4v) is 2.52. The Balaban J connectivity index is 0.000000956. The molecule has 3 heteroatoms. The molecule has 0 N–H and O–H groups in total. The van der Waals surface area contributed by atoms with Gasteiger partial charge in [0.1, 0.15) is 0 Å². The van der Waals surface area contributed by atoms with Crippen LogP contribution in [0.5, 0.6) is 0 Å². The molecule has 2 rings (SSSR count). The predicted octanol–water partition coefficient (Wildman–Crippen LogP) is 4.48. The Morgan fingerprint density at radius 1 is 1.10 bits per heavy atom. The van der Waals surface area contributed by atoms with Gasteiger partial charge in [0, 0.05) is 19.5 Å². The topological polar surface area (TPSA) is 20.3 Å². The largest absolute Gasteiger partial charge is 0.302 e. The predicted molar refractivity (Wildman–Crippen MR) is 87.4 cm³/mol. The zero-order valence-corrected chi connectivity index (χ0v) is 13.3. The summed E-state index contributed by atoms with van der Waals surface area (Å²) in [6, 6.07) is 14.1. The summed E-state index contributed by atoms with van der Waals surface area (Å²) in [5.74, 6) is 0.241. The van der Waals surface area contributed by atoms with Crippen molar-refractivity contribution in [1.29, 1.82) is 0 Å². The van der Waals surface area contributed by atoms with Gasteiger partial charge in [-0.1, -0.05) is 50.2 Å². The van der Waals surface area contributed by atoms with Gasteiger partial charge < -0.3 is 4.90 Å². The van der Waals surface area contributed by atoms with E-state index in [1.165, 1.54) is 16.9 Å². The molecule has 0 fully saturated rings.